The van der Waals surface area contributed by atoms with Crippen LogP contribution in [-0.4, -0.2) is 37.2 Å². The second-order valence-corrected chi connectivity index (χ2v) is 5.76. The quantitative estimate of drug-likeness (QED) is 0.526. The first-order valence-corrected chi connectivity index (χ1v) is 8.36. The molecule has 0 radical (unpaired) electrons. The summed E-state index contributed by atoms with van der Waals surface area (Å²) in [7, 11) is 0. The van der Waals surface area contributed by atoms with Gasteiger partial charge in [0.2, 0.25) is 0 Å². The molecule has 1 atom stereocenters. The predicted octanol–water partition coefficient (Wildman–Crippen LogP) is 2.32. The number of benzene rings is 1. The minimum absolute atomic E-state index is 0.0382. The van der Waals surface area contributed by atoms with Crippen molar-refractivity contribution in [3.8, 4) is 5.75 Å². The van der Waals surface area contributed by atoms with Gasteiger partial charge in [0.25, 0.3) is 5.91 Å². The Morgan fingerprint density at radius 2 is 2.00 bits per heavy atom. The summed E-state index contributed by atoms with van der Waals surface area (Å²) in [5, 5.41) is 4.69. The van der Waals surface area contributed by atoms with E-state index in [2.05, 4.69) is 10.6 Å². The number of amides is 3. The van der Waals surface area contributed by atoms with Gasteiger partial charge in [-0.05, 0) is 44.4 Å². The number of aryl methyl sites for hydroxylation is 1. The number of carbonyl (C=O) groups is 3. The molecule has 7 nitrogen and oxygen atoms in total. The van der Waals surface area contributed by atoms with E-state index in [1.807, 2.05) is 45.0 Å². The molecule has 0 saturated carbocycles. The van der Waals surface area contributed by atoms with E-state index in [1.165, 1.54) is 0 Å². The van der Waals surface area contributed by atoms with Gasteiger partial charge in [0.1, 0.15) is 5.75 Å². The van der Waals surface area contributed by atoms with E-state index >= 15 is 0 Å². The van der Waals surface area contributed by atoms with Crippen LogP contribution in [0.3, 0.4) is 0 Å². The lowest BCUT2D eigenvalue weighted by atomic mass is 10.2. The maximum absolute atomic E-state index is 11.6. The number of rotatable bonds is 9. The van der Waals surface area contributed by atoms with E-state index in [9.17, 15) is 14.4 Å². The van der Waals surface area contributed by atoms with Crippen molar-refractivity contribution in [3.63, 3.8) is 0 Å². The summed E-state index contributed by atoms with van der Waals surface area (Å²) >= 11 is 0. The molecule has 0 aliphatic carbocycles. The topological polar surface area (TPSA) is 93.7 Å². The van der Waals surface area contributed by atoms with Crippen LogP contribution in [0, 0.1) is 6.92 Å². The SMILES string of the molecule is CC[C@@H](C)NC(=O)NC(=O)COC(=O)CCCOc1cccc(C)c1. The average molecular weight is 350 g/mol. The highest BCUT2D eigenvalue weighted by Gasteiger charge is 2.12. The number of urea groups is 1. The zero-order valence-corrected chi connectivity index (χ0v) is 15.0. The molecule has 0 bridgehead atoms. The van der Waals surface area contributed by atoms with Gasteiger partial charge in [0.05, 0.1) is 6.61 Å². The van der Waals surface area contributed by atoms with Crippen molar-refractivity contribution in [2.24, 2.45) is 0 Å². The molecule has 0 fully saturated rings. The second kappa shape index (κ2) is 11.1. The third-order valence-corrected chi connectivity index (χ3v) is 3.39. The fourth-order valence-electron chi connectivity index (χ4n) is 1.85. The molecule has 0 heterocycles. The zero-order valence-electron chi connectivity index (χ0n) is 15.0. The Morgan fingerprint density at radius 3 is 2.68 bits per heavy atom. The van der Waals surface area contributed by atoms with E-state index in [0.29, 0.717) is 13.0 Å². The van der Waals surface area contributed by atoms with Crippen LogP contribution in [0.4, 0.5) is 4.79 Å². The molecule has 25 heavy (non-hydrogen) atoms. The number of ether oxygens (including phenoxy) is 2. The molecule has 1 aromatic rings. The number of nitrogens with one attached hydrogen (secondary N) is 2. The first-order chi connectivity index (χ1) is 11.9. The molecule has 0 unspecified atom stereocenters. The number of esters is 1. The van der Waals surface area contributed by atoms with Crippen molar-refractivity contribution >= 4 is 17.9 Å². The van der Waals surface area contributed by atoms with Crippen LogP contribution in [0.2, 0.25) is 0 Å². The summed E-state index contributed by atoms with van der Waals surface area (Å²) in [6.07, 6.45) is 1.36. The number of imide groups is 1. The lowest BCUT2D eigenvalue weighted by molar-refractivity contribution is -0.148. The van der Waals surface area contributed by atoms with Crippen LogP contribution in [0.25, 0.3) is 0 Å². The monoisotopic (exact) mass is 350 g/mol. The lowest BCUT2D eigenvalue weighted by Gasteiger charge is -2.11. The third kappa shape index (κ3) is 9.34. The van der Waals surface area contributed by atoms with Crippen molar-refractivity contribution in [2.75, 3.05) is 13.2 Å². The summed E-state index contributed by atoms with van der Waals surface area (Å²) < 4.78 is 10.3. The van der Waals surface area contributed by atoms with Crippen molar-refractivity contribution in [1.82, 2.24) is 10.6 Å². The average Bonchev–Trinajstić information content (AvgIpc) is 2.56. The molecule has 1 aromatic carbocycles. The van der Waals surface area contributed by atoms with Crippen LogP contribution in [0.1, 0.15) is 38.7 Å². The van der Waals surface area contributed by atoms with E-state index < -0.39 is 24.5 Å². The van der Waals surface area contributed by atoms with Gasteiger partial charge in [0, 0.05) is 12.5 Å². The molecule has 3 amide bonds. The summed E-state index contributed by atoms with van der Waals surface area (Å²) in [6, 6.07) is 6.99. The van der Waals surface area contributed by atoms with Gasteiger partial charge in [-0.2, -0.15) is 0 Å². The minimum atomic E-state index is -0.662. The Morgan fingerprint density at radius 1 is 1.24 bits per heavy atom. The highest BCUT2D eigenvalue weighted by atomic mass is 16.5. The van der Waals surface area contributed by atoms with Crippen molar-refractivity contribution < 1.29 is 23.9 Å². The van der Waals surface area contributed by atoms with Crippen molar-refractivity contribution in [2.45, 2.75) is 46.1 Å². The molecule has 1 rings (SSSR count). The highest BCUT2D eigenvalue weighted by Crippen LogP contribution is 2.12. The summed E-state index contributed by atoms with van der Waals surface area (Å²) in [5.74, 6) is -0.421. The number of hydrogen-bond donors (Lipinski definition) is 2. The smallest absolute Gasteiger partial charge is 0.321 e. The number of hydrogen-bond acceptors (Lipinski definition) is 5. The van der Waals surface area contributed by atoms with E-state index in [-0.39, 0.29) is 12.5 Å². The van der Waals surface area contributed by atoms with Crippen LogP contribution in [-0.2, 0) is 14.3 Å². The molecule has 138 valence electrons. The summed E-state index contributed by atoms with van der Waals surface area (Å²) in [4.78, 5) is 34.5. The van der Waals surface area contributed by atoms with Gasteiger partial charge in [-0.1, -0.05) is 19.1 Å². The van der Waals surface area contributed by atoms with Gasteiger partial charge >= 0.3 is 12.0 Å². The standard InChI is InChI=1S/C18H26N2O5/c1-4-14(3)19-18(23)20-16(21)12-25-17(22)9-6-10-24-15-8-5-7-13(2)11-15/h5,7-8,11,14H,4,6,9-10,12H2,1-3H3,(H2,19,20,21,23)/t14-/m1/s1. The predicted molar refractivity (Wildman–Crippen MR) is 93.3 cm³/mol. The van der Waals surface area contributed by atoms with E-state index in [4.69, 9.17) is 9.47 Å². The van der Waals surface area contributed by atoms with Crippen LogP contribution < -0.4 is 15.4 Å². The first-order valence-electron chi connectivity index (χ1n) is 8.36. The second-order valence-electron chi connectivity index (χ2n) is 5.76. The van der Waals surface area contributed by atoms with E-state index in [1.54, 1.807) is 0 Å². The molecular weight excluding hydrogens is 324 g/mol. The van der Waals surface area contributed by atoms with Gasteiger partial charge in [0.15, 0.2) is 6.61 Å². The van der Waals surface area contributed by atoms with Crippen molar-refractivity contribution in [3.05, 3.63) is 29.8 Å². The molecule has 0 aliphatic heterocycles. The molecule has 0 aliphatic rings. The normalized spacial score (nSPS) is 11.3. The third-order valence-electron chi connectivity index (χ3n) is 3.39. The Hall–Kier alpha value is -2.57. The summed E-state index contributed by atoms with van der Waals surface area (Å²) in [6.45, 7) is 5.60. The van der Waals surface area contributed by atoms with Gasteiger partial charge < -0.3 is 14.8 Å². The van der Waals surface area contributed by atoms with Gasteiger partial charge in [-0.15, -0.1) is 0 Å². The van der Waals surface area contributed by atoms with Crippen LogP contribution in [0.15, 0.2) is 24.3 Å². The Bertz CT molecular complexity index is 589. The Balaban J connectivity index is 2.13. The van der Waals surface area contributed by atoms with Gasteiger partial charge in [-0.25, -0.2) is 4.79 Å². The van der Waals surface area contributed by atoms with E-state index in [0.717, 1.165) is 17.7 Å². The fourth-order valence-corrected chi connectivity index (χ4v) is 1.85. The molecule has 0 spiro atoms. The molecule has 0 aromatic heterocycles. The van der Waals surface area contributed by atoms with Crippen LogP contribution in [0.5, 0.6) is 5.75 Å². The van der Waals surface area contributed by atoms with Gasteiger partial charge in [-0.3, -0.25) is 14.9 Å². The highest BCUT2D eigenvalue weighted by molar-refractivity contribution is 5.95. The fraction of sp³-hybridized carbons (Fsp3) is 0.500. The lowest BCUT2D eigenvalue weighted by Crippen LogP contribution is -2.44. The first kappa shape index (κ1) is 20.5. The Kier molecular flexibility index (Phi) is 9.06. The maximum atomic E-state index is 11.6. The van der Waals surface area contributed by atoms with Crippen LogP contribution >= 0.6 is 0 Å². The summed E-state index contributed by atoms with van der Waals surface area (Å²) in [5.41, 5.74) is 1.10. The Labute approximate surface area is 148 Å². The zero-order chi connectivity index (χ0) is 18.7. The maximum Gasteiger partial charge on any atom is 0.321 e. The van der Waals surface area contributed by atoms with Crippen molar-refractivity contribution in [1.29, 1.82) is 0 Å². The minimum Gasteiger partial charge on any atom is -0.494 e. The molecule has 7 heteroatoms. The molecular formula is C18H26N2O5. The molecule has 2 N–H and O–H groups in total. The molecule has 0 saturated heterocycles. The number of carbonyl (C=O) groups excluding carboxylic acids is 3. The largest absolute Gasteiger partial charge is 0.494 e.